The summed E-state index contributed by atoms with van der Waals surface area (Å²) in [6.45, 7) is 0. The van der Waals surface area contributed by atoms with E-state index in [9.17, 15) is 21.6 Å². The van der Waals surface area contributed by atoms with Crippen LogP contribution in [0.2, 0.25) is 0 Å². The van der Waals surface area contributed by atoms with Crippen molar-refractivity contribution in [2.45, 2.75) is 19.6 Å². The monoisotopic (exact) mass is 822 g/mol. The fourth-order valence-electron chi connectivity index (χ4n) is 8.35. The lowest BCUT2D eigenvalue weighted by Crippen LogP contribution is -2.21. The molecule has 9 aromatic rings. The molecular formula is C49H30N2O5S3. The van der Waals surface area contributed by atoms with Gasteiger partial charge in [-0.15, -0.1) is 11.3 Å². The Labute approximate surface area is 344 Å². The Morgan fingerprint density at radius 2 is 0.661 bits per heavy atom. The molecule has 2 aliphatic heterocycles. The Morgan fingerprint density at radius 3 is 1.00 bits per heavy atom. The van der Waals surface area contributed by atoms with Gasteiger partial charge in [0.05, 0.1) is 42.3 Å². The number of para-hydroxylation sites is 4. The first-order chi connectivity index (χ1) is 28.7. The fourth-order valence-corrected chi connectivity index (χ4v) is 12.7. The van der Waals surface area contributed by atoms with E-state index in [0.29, 0.717) is 33.5 Å². The molecule has 0 radical (unpaired) electrons. The van der Waals surface area contributed by atoms with E-state index in [1.165, 1.54) is 0 Å². The third kappa shape index (κ3) is 5.41. The van der Waals surface area contributed by atoms with Crippen LogP contribution in [0.3, 0.4) is 0 Å². The highest BCUT2D eigenvalue weighted by Gasteiger charge is 2.35. The molecular weight excluding hydrogens is 793 g/mol. The maximum absolute atomic E-state index is 13.8. The number of benzene rings is 8. The van der Waals surface area contributed by atoms with Crippen LogP contribution in [-0.4, -0.2) is 16.8 Å². The molecule has 2 aliphatic rings. The molecule has 0 amide bonds. The van der Waals surface area contributed by atoms with Gasteiger partial charge in [0.25, 0.3) is 0 Å². The first kappa shape index (κ1) is 35.3. The molecule has 0 unspecified atom stereocenters. The van der Waals surface area contributed by atoms with Crippen LogP contribution in [0.15, 0.2) is 206 Å². The van der Waals surface area contributed by atoms with Gasteiger partial charge in [0.1, 0.15) is 0 Å². The van der Waals surface area contributed by atoms with E-state index in [-0.39, 0.29) is 25.0 Å². The molecule has 8 aromatic carbocycles. The predicted molar refractivity (Wildman–Crippen MR) is 237 cm³/mol. The van der Waals surface area contributed by atoms with Crippen LogP contribution in [0.25, 0.3) is 42.4 Å². The zero-order valence-corrected chi connectivity index (χ0v) is 33.4. The summed E-state index contributed by atoms with van der Waals surface area (Å²) < 4.78 is 55.8. The topological polar surface area (TPSA) is 91.8 Å². The van der Waals surface area contributed by atoms with Gasteiger partial charge in [-0.05, 0) is 119 Å². The number of rotatable bonds is 4. The molecule has 0 spiro atoms. The van der Waals surface area contributed by atoms with Gasteiger partial charge in [-0.2, -0.15) is 0 Å². The average Bonchev–Trinajstić information content (AvgIpc) is 3.27. The highest BCUT2D eigenvalue weighted by molar-refractivity contribution is 7.92. The van der Waals surface area contributed by atoms with Gasteiger partial charge in [-0.3, -0.25) is 4.79 Å². The van der Waals surface area contributed by atoms with Crippen molar-refractivity contribution in [3.05, 3.63) is 192 Å². The SMILES string of the molecule is O=c1c2ccc(-c3ccc(N4c5ccccc5S(=O)(=O)c5ccccc54)cc3)cc2sc2cc(-c3ccc(N4c5ccccc5S(=O)(=O)c5ccccc54)cc3)ccc12. The second kappa shape index (κ2) is 13.1. The summed E-state index contributed by atoms with van der Waals surface area (Å²) in [7, 11) is -7.33. The maximum Gasteiger partial charge on any atom is 0.210 e. The van der Waals surface area contributed by atoms with Gasteiger partial charge in [0.15, 0.2) is 5.43 Å². The van der Waals surface area contributed by atoms with Crippen molar-refractivity contribution in [3.8, 4) is 22.3 Å². The number of hydrogen-bond donors (Lipinski definition) is 0. The van der Waals surface area contributed by atoms with Crippen LogP contribution in [-0.2, 0) is 19.7 Å². The number of sulfone groups is 2. The average molecular weight is 823 g/mol. The summed E-state index contributed by atoms with van der Waals surface area (Å²) in [5.41, 5.74) is 7.91. The summed E-state index contributed by atoms with van der Waals surface area (Å²) in [4.78, 5) is 18.9. The zero-order valence-electron chi connectivity index (χ0n) is 31.0. The van der Waals surface area contributed by atoms with Crippen molar-refractivity contribution in [1.82, 2.24) is 0 Å². The fraction of sp³-hybridized carbons (Fsp3) is 0. The van der Waals surface area contributed by atoms with Gasteiger partial charge in [0.2, 0.25) is 19.7 Å². The lowest BCUT2D eigenvalue weighted by atomic mass is 10.0. The van der Waals surface area contributed by atoms with Crippen LogP contribution in [0, 0.1) is 0 Å². The Balaban J connectivity index is 0.930. The van der Waals surface area contributed by atoms with Gasteiger partial charge >= 0.3 is 0 Å². The molecule has 0 saturated carbocycles. The molecule has 0 saturated heterocycles. The van der Waals surface area contributed by atoms with Gasteiger partial charge in [-0.25, -0.2) is 16.8 Å². The van der Waals surface area contributed by atoms with Crippen molar-refractivity contribution in [2.75, 3.05) is 9.80 Å². The van der Waals surface area contributed by atoms with Crippen LogP contribution in [0.4, 0.5) is 34.1 Å². The maximum atomic E-state index is 13.8. The highest BCUT2D eigenvalue weighted by Crippen LogP contribution is 2.49. The van der Waals surface area contributed by atoms with Crippen LogP contribution >= 0.6 is 11.3 Å². The van der Waals surface area contributed by atoms with Crippen molar-refractivity contribution in [3.63, 3.8) is 0 Å². The molecule has 7 nitrogen and oxygen atoms in total. The molecule has 0 fully saturated rings. The van der Waals surface area contributed by atoms with Gasteiger partial charge in [-0.1, -0.05) is 84.9 Å². The summed E-state index contributed by atoms with van der Waals surface area (Å²) >= 11 is 1.57. The molecule has 10 heteroatoms. The lowest BCUT2D eigenvalue weighted by Gasteiger charge is -2.33. The Bertz CT molecular complexity index is 3170. The number of anilines is 6. The summed E-state index contributed by atoms with van der Waals surface area (Å²) in [6, 6.07) is 56.2. The van der Waals surface area contributed by atoms with Crippen LogP contribution in [0.5, 0.6) is 0 Å². The first-order valence-electron chi connectivity index (χ1n) is 18.9. The Kier molecular flexibility index (Phi) is 7.83. The molecule has 0 atom stereocenters. The third-order valence-electron chi connectivity index (χ3n) is 11.2. The molecule has 284 valence electrons. The van der Waals surface area contributed by atoms with Crippen molar-refractivity contribution in [2.24, 2.45) is 0 Å². The molecule has 3 heterocycles. The quantitative estimate of drug-likeness (QED) is 0.163. The summed E-state index contributed by atoms with van der Waals surface area (Å²) in [6.07, 6.45) is 0. The number of hydrogen-bond acceptors (Lipinski definition) is 8. The van der Waals surface area contributed by atoms with Crippen LogP contribution in [0.1, 0.15) is 0 Å². The van der Waals surface area contributed by atoms with E-state index >= 15 is 0 Å². The predicted octanol–water partition coefficient (Wildman–Crippen LogP) is 12.0. The largest absolute Gasteiger partial charge is 0.308 e. The molecule has 0 bridgehead atoms. The molecule has 0 aliphatic carbocycles. The first-order valence-corrected chi connectivity index (χ1v) is 22.6. The van der Waals surface area contributed by atoms with E-state index in [1.807, 2.05) is 131 Å². The van der Waals surface area contributed by atoms with E-state index in [0.717, 1.165) is 43.0 Å². The zero-order chi connectivity index (χ0) is 40.0. The minimum absolute atomic E-state index is 0.0210. The molecule has 59 heavy (non-hydrogen) atoms. The Hall–Kier alpha value is -6.85. The van der Waals surface area contributed by atoms with E-state index in [4.69, 9.17) is 0 Å². The number of nitrogens with zero attached hydrogens (tertiary/aromatic N) is 2. The Morgan fingerprint density at radius 1 is 0.356 bits per heavy atom. The minimum atomic E-state index is -3.66. The van der Waals surface area contributed by atoms with E-state index in [1.54, 1.807) is 59.9 Å². The standard InChI is InChI=1S/C49H30N2O5S3/c52-49-37-27-21-33(31-17-23-35(24-18-31)50-39-9-1-5-13-45(39)58(53,54)46-14-6-2-10-40(46)50)29-43(37)57-44-30-34(22-28-38(44)49)32-19-25-36(26-20-32)51-41-11-3-7-15-47(41)59(55,56)48-16-8-4-12-42(48)51/h1-30H. The molecule has 1 aromatic heterocycles. The smallest absolute Gasteiger partial charge is 0.210 e. The summed E-state index contributed by atoms with van der Waals surface area (Å²) in [5.74, 6) is 0. The summed E-state index contributed by atoms with van der Waals surface area (Å²) in [5, 5.41) is 1.32. The van der Waals surface area contributed by atoms with Crippen molar-refractivity contribution < 1.29 is 16.8 Å². The van der Waals surface area contributed by atoms with Crippen LogP contribution < -0.4 is 15.2 Å². The van der Waals surface area contributed by atoms with Crippen molar-refractivity contribution >= 4 is 85.3 Å². The van der Waals surface area contributed by atoms with Gasteiger partial charge in [0, 0.05) is 31.5 Å². The third-order valence-corrected chi connectivity index (χ3v) is 16.0. The van der Waals surface area contributed by atoms with E-state index < -0.39 is 19.7 Å². The van der Waals surface area contributed by atoms with E-state index in [2.05, 4.69) is 12.1 Å². The van der Waals surface area contributed by atoms with Gasteiger partial charge < -0.3 is 9.80 Å². The molecule has 11 rings (SSSR count). The molecule has 0 N–H and O–H groups in total. The van der Waals surface area contributed by atoms with Crippen molar-refractivity contribution in [1.29, 1.82) is 0 Å². The second-order valence-electron chi connectivity index (χ2n) is 14.5. The second-order valence-corrected chi connectivity index (χ2v) is 19.4. The lowest BCUT2D eigenvalue weighted by molar-refractivity contribution is 0.593. The number of fused-ring (bicyclic) bond motifs is 6. The minimum Gasteiger partial charge on any atom is -0.308 e. The normalized spacial score (nSPS) is 14.6. The highest BCUT2D eigenvalue weighted by atomic mass is 32.2.